The van der Waals surface area contributed by atoms with Crippen LogP contribution in [0.5, 0.6) is 0 Å². The number of nitrogens with zero attached hydrogens (tertiary/aromatic N) is 2. The van der Waals surface area contributed by atoms with Crippen LogP contribution < -0.4 is 5.73 Å². The van der Waals surface area contributed by atoms with Crippen molar-refractivity contribution in [1.29, 1.82) is 0 Å². The third-order valence-electron chi connectivity index (χ3n) is 4.97. The third-order valence-corrected chi connectivity index (χ3v) is 5.23. The van der Waals surface area contributed by atoms with E-state index in [4.69, 9.17) is 22.4 Å². The van der Waals surface area contributed by atoms with E-state index in [1.165, 1.54) is 25.0 Å². The van der Waals surface area contributed by atoms with E-state index in [0.29, 0.717) is 5.92 Å². The lowest BCUT2D eigenvalue weighted by atomic mass is 9.99. The zero-order valence-corrected chi connectivity index (χ0v) is 12.3. The SMILES string of the molecule is Cn1nc(C2C3CCCC32)c(-c2ccc(Cl)cc2)c1N. The number of rotatable bonds is 2. The molecule has 2 N–H and O–H groups in total. The van der Waals surface area contributed by atoms with Gasteiger partial charge in [0, 0.05) is 23.6 Å². The van der Waals surface area contributed by atoms with Crippen LogP contribution in [0.1, 0.15) is 30.9 Å². The predicted molar refractivity (Wildman–Crippen MR) is 81.6 cm³/mol. The molecule has 4 rings (SSSR count). The minimum absolute atomic E-state index is 0.623. The number of aromatic nitrogens is 2. The number of nitrogens with two attached hydrogens (primary N) is 1. The Morgan fingerprint density at radius 1 is 1.20 bits per heavy atom. The van der Waals surface area contributed by atoms with E-state index in [1.54, 1.807) is 0 Å². The van der Waals surface area contributed by atoms with Gasteiger partial charge in [0.15, 0.2) is 0 Å². The third kappa shape index (κ3) is 1.69. The van der Waals surface area contributed by atoms with E-state index in [9.17, 15) is 0 Å². The summed E-state index contributed by atoms with van der Waals surface area (Å²) in [4.78, 5) is 0. The second-order valence-electron chi connectivity index (χ2n) is 6.06. The second-order valence-corrected chi connectivity index (χ2v) is 6.50. The van der Waals surface area contributed by atoms with Crippen LogP contribution in [-0.2, 0) is 7.05 Å². The summed E-state index contributed by atoms with van der Waals surface area (Å²) in [6.45, 7) is 0. The van der Waals surface area contributed by atoms with Crippen molar-refractivity contribution in [1.82, 2.24) is 9.78 Å². The fourth-order valence-corrected chi connectivity index (χ4v) is 4.06. The molecule has 0 bridgehead atoms. The second kappa shape index (κ2) is 4.26. The van der Waals surface area contributed by atoms with Crippen molar-refractivity contribution in [3.63, 3.8) is 0 Å². The first-order chi connectivity index (χ1) is 9.66. The van der Waals surface area contributed by atoms with Gasteiger partial charge in [-0.15, -0.1) is 0 Å². The lowest BCUT2D eigenvalue weighted by molar-refractivity contribution is 0.655. The van der Waals surface area contributed by atoms with Gasteiger partial charge in [-0.05, 0) is 42.4 Å². The van der Waals surface area contributed by atoms with Crippen molar-refractivity contribution in [3.05, 3.63) is 35.0 Å². The molecular formula is C16H18ClN3. The molecule has 3 nitrogen and oxygen atoms in total. The van der Waals surface area contributed by atoms with Gasteiger partial charge in [0.25, 0.3) is 0 Å². The molecule has 2 aliphatic carbocycles. The molecule has 1 aromatic carbocycles. The van der Waals surface area contributed by atoms with Gasteiger partial charge in [-0.25, -0.2) is 0 Å². The van der Waals surface area contributed by atoms with Crippen LogP contribution in [0.3, 0.4) is 0 Å². The first-order valence-electron chi connectivity index (χ1n) is 7.25. The zero-order valence-electron chi connectivity index (χ0n) is 11.5. The minimum atomic E-state index is 0.623. The number of benzene rings is 1. The smallest absolute Gasteiger partial charge is 0.129 e. The molecule has 1 heterocycles. The largest absolute Gasteiger partial charge is 0.383 e. The van der Waals surface area contributed by atoms with Gasteiger partial charge >= 0.3 is 0 Å². The molecule has 2 unspecified atom stereocenters. The van der Waals surface area contributed by atoms with Crippen LogP contribution in [0.2, 0.25) is 5.02 Å². The lowest BCUT2D eigenvalue weighted by Gasteiger charge is -2.06. The first kappa shape index (κ1) is 12.3. The van der Waals surface area contributed by atoms with Crippen LogP contribution in [0.4, 0.5) is 5.82 Å². The van der Waals surface area contributed by atoms with Gasteiger partial charge in [0.1, 0.15) is 5.82 Å². The van der Waals surface area contributed by atoms with Gasteiger partial charge < -0.3 is 5.73 Å². The summed E-state index contributed by atoms with van der Waals surface area (Å²) in [6, 6.07) is 7.91. The van der Waals surface area contributed by atoms with Crippen molar-refractivity contribution in [3.8, 4) is 11.1 Å². The van der Waals surface area contributed by atoms with Crippen molar-refractivity contribution in [2.45, 2.75) is 25.2 Å². The highest BCUT2D eigenvalue weighted by atomic mass is 35.5. The summed E-state index contributed by atoms with van der Waals surface area (Å²) < 4.78 is 1.81. The molecule has 1 aromatic heterocycles. The average molecular weight is 288 g/mol. The Morgan fingerprint density at radius 2 is 1.85 bits per heavy atom. The molecule has 4 heteroatoms. The van der Waals surface area contributed by atoms with Crippen LogP contribution in [0.25, 0.3) is 11.1 Å². The summed E-state index contributed by atoms with van der Waals surface area (Å²) >= 11 is 5.98. The van der Waals surface area contributed by atoms with Crippen molar-refractivity contribution >= 4 is 17.4 Å². The van der Waals surface area contributed by atoms with E-state index in [1.807, 2.05) is 36.0 Å². The molecular weight excluding hydrogens is 270 g/mol. The Labute approximate surface area is 123 Å². The highest BCUT2D eigenvalue weighted by Gasteiger charge is 2.55. The van der Waals surface area contributed by atoms with Gasteiger partial charge in [-0.2, -0.15) is 5.10 Å². The highest BCUT2D eigenvalue weighted by Crippen LogP contribution is 2.64. The molecule has 104 valence electrons. The molecule has 2 atom stereocenters. The van der Waals surface area contributed by atoms with Crippen LogP contribution in [0.15, 0.2) is 24.3 Å². The summed E-state index contributed by atoms with van der Waals surface area (Å²) in [5.74, 6) is 3.07. The van der Waals surface area contributed by atoms with Gasteiger partial charge in [-0.1, -0.05) is 30.2 Å². The molecule has 0 aliphatic heterocycles. The Balaban J connectivity index is 1.80. The monoisotopic (exact) mass is 287 g/mol. The fourth-order valence-electron chi connectivity index (χ4n) is 3.93. The van der Waals surface area contributed by atoms with Crippen molar-refractivity contribution in [2.75, 3.05) is 5.73 Å². The van der Waals surface area contributed by atoms with Crippen LogP contribution >= 0.6 is 11.6 Å². The molecule has 2 fully saturated rings. The molecule has 2 saturated carbocycles. The quantitative estimate of drug-likeness (QED) is 0.912. The van der Waals surface area contributed by atoms with Crippen LogP contribution in [-0.4, -0.2) is 9.78 Å². The average Bonchev–Trinajstić information content (AvgIpc) is 2.78. The molecule has 2 aromatic rings. The fraction of sp³-hybridized carbons (Fsp3) is 0.438. The van der Waals surface area contributed by atoms with Crippen LogP contribution in [0, 0.1) is 11.8 Å². The molecule has 0 amide bonds. The van der Waals surface area contributed by atoms with E-state index >= 15 is 0 Å². The maximum absolute atomic E-state index is 6.26. The molecule has 0 spiro atoms. The molecule has 2 aliphatic rings. The predicted octanol–water partition coefficient (Wildman–Crippen LogP) is 3.84. The van der Waals surface area contributed by atoms with Gasteiger partial charge in [0.05, 0.1) is 5.69 Å². The van der Waals surface area contributed by atoms with E-state index in [-0.39, 0.29) is 0 Å². The Bertz CT molecular complexity index is 649. The summed E-state index contributed by atoms with van der Waals surface area (Å²) in [6.07, 6.45) is 4.09. The standard InChI is InChI=1S/C16H18ClN3/c1-20-16(18)13(9-5-7-10(17)8-6-9)15(19-20)14-11-3-2-4-12(11)14/h5-8,11-12,14H,2-4,18H2,1H3. The number of halogens is 1. The summed E-state index contributed by atoms with van der Waals surface area (Å²) in [5, 5.41) is 5.46. The zero-order chi connectivity index (χ0) is 13.9. The number of aryl methyl sites for hydroxylation is 1. The Hall–Kier alpha value is -1.48. The number of anilines is 1. The molecule has 0 saturated heterocycles. The van der Waals surface area contributed by atoms with E-state index in [0.717, 1.165) is 33.8 Å². The van der Waals surface area contributed by atoms with E-state index in [2.05, 4.69) is 0 Å². The molecule has 0 radical (unpaired) electrons. The number of hydrogen-bond acceptors (Lipinski definition) is 2. The van der Waals surface area contributed by atoms with Gasteiger partial charge in [0.2, 0.25) is 0 Å². The van der Waals surface area contributed by atoms with Crippen molar-refractivity contribution in [2.24, 2.45) is 18.9 Å². The maximum atomic E-state index is 6.26. The number of fused-ring (bicyclic) bond motifs is 1. The molecule has 20 heavy (non-hydrogen) atoms. The van der Waals surface area contributed by atoms with Gasteiger partial charge in [-0.3, -0.25) is 4.68 Å². The highest BCUT2D eigenvalue weighted by molar-refractivity contribution is 6.30. The maximum Gasteiger partial charge on any atom is 0.129 e. The first-order valence-corrected chi connectivity index (χ1v) is 7.63. The van der Waals surface area contributed by atoms with E-state index < -0.39 is 0 Å². The minimum Gasteiger partial charge on any atom is -0.383 e. The Kier molecular flexibility index (Phi) is 2.61. The Morgan fingerprint density at radius 3 is 2.50 bits per heavy atom. The number of nitrogen functional groups attached to an aromatic ring is 1. The van der Waals surface area contributed by atoms with Crippen molar-refractivity contribution < 1.29 is 0 Å². The number of hydrogen-bond donors (Lipinski definition) is 1. The lowest BCUT2D eigenvalue weighted by Crippen LogP contribution is -1.98. The summed E-state index contributed by atoms with van der Waals surface area (Å²) in [5.41, 5.74) is 9.69. The summed E-state index contributed by atoms with van der Waals surface area (Å²) in [7, 11) is 1.93. The normalized spacial score (nSPS) is 27.6. The topological polar surface area (TPSA) is 43.8 Å².